The van der Waals surface area contributed by atoms with Crippen molar-refractivity contribution in [1.29, 1.82) is 0 Å². The minimum absolute atomic E-state index is 0.0910. The Morgan fingerprint density at radius 3 is 2.45 bits per heavy atom. The van der Waals surface area contributed by atoms with Gasteiger partial charge in [-0.1, -0.05) is 12.1 Å². The second-order valence-electron chi connectivity index (χ2n) is 6.72. The molecule has 1 aromatic heterocycles. The number of benzene rings is 1. The van der Waals surface area contributed by atoms with E-state index in [1.54, 1.807) is 24.3 Å². The van der Waals surface area contributed by atoms with E-state index in [1.807, 2.05) is 6.92 Å². The van der Waals surface area contributed by atoms with Crippen LogP contribution in [-0.2, 0) is 21.2 Å². The molecule has 1 heterocycles. The maximum absolute atomic E-state index is 14.6. The molecule has 0 aliphatic carbocycles. The molecule has 8 nitrogen and oxygen atoms in total. The van der Waals surface area contributed by atoms with Gasteiger partial charge in [0, 0.05) is 30.6 Å². The number of carbonyl (C=O) groups excluding carboxylic acids is 1. The first-order chi connectivity index (χ1) is 13.5. The first kappa shape index (κ1) is 22.6. The van der Waals surface area contributed by atoms with Crippen molar-refractivity contribution in [2.45, 2.75) is 31.6 Å². The molecule has 2 N–H and O–H groups in total. The zero-order valence-corrected chi connectivity index (χ0v) is 17.1. The summed E-state index contributed by atoms with van der Waals surface area (Å²) < 4.78 is 42.9. The highest BCUT2D eigenvalue weighted by Crippen LogP contribution is 2.25. The van der Waals surface area contributed by atoms with Crippen LogP contribution in [0.5, 0.6) is 5.75 Å². The monoisotopic (exact) mass is 426 g/mol. The summed E-state index contributed by atoms with van der Waals surface area (Å²) in [6.07, 6.45) is 1.48. The Morgan fingerprint density at radius 2 is 1.93 bits per heavy atom. The van der Waals surface area contributed by atoms with Gasteiger partial charge in [0.25, 0.3) is 11.5 Å². The van der Waals surface area contributed by atoms with Crippen LogP contribution < -0.4 is 15.8 Å². The van der Waals surface area contributed by atoms with Crippen LogP contribution in [0.15, 0.2) is 41.3 Å². The normalized spacial score (nSPS) is 13.6. The average Bonchev–Trinajstić information content (AvgIpc) is 2.67. The molecule has 1 aromatic carbocycles. The first-order valence-electron chi connectivity index (χ1n) is 8.81. The molecule has 0 bridgehead atoms. The largest absolute Gasteiger partial charge is 0.494 e. The highest BCUT2D eigenvalue weighted by atomic mass is 32.2. The number of hydroxylamine groups is 1. The van der Waals surface area contributed by atoms with Gasteiger partial charge in [0.1, 0.15) is 11.6 Å². The van der Waals surface area contributed by atoms with Crippen LogP contribution >= 0.6 is 0 Å². The summed E-state index contributed by atoms with van der Waals surface area (Å²) >= 11 is 0. The molecule has 0 aliphatic heterocycles. The van der Waals surface area contributed by atoms with Crippen molar-refractivity contribution in [3.8, 4) is 16.9 Å². The molecule has 0 aliphatic rings. The standard InChI is InChI=1S/C19H23FN2O6S/c1-4-28-14-7-5-13(6-8-14)15-11-17(23)22(12-16(15)20)10-9-19(2,18(24)21-25)29(3,26)27/h5-8,11-12,25H,4,9-10H2,1-3H3,(H,21,24). The van der Waals surface area contributed by atoms with E-state index >= 15 is 0 Å². The van der Waals surface area contributed by atoms with Crippen molar-refractivity contribution >= 4 is 15.7 Å². The Bertz CT molecular complexity index is 1050. The van der Waals surface area contributed by atoms with Gasteiger partial charge in [-0.25, -0.2) is 18.3 Å². The number of hydrogen-bond donors (Lipinski definition) is 2. The average molecular weight is 426 g/mol. The summed E-state index contributed by atoms with van der Waals surface area (Å²) in [4.78, 5) is 24.3. The molecular weight excluding hydrogens is 403 g/mol. The third-order valence-corrected chi connectivity index (χ3v) is 6.81. The van der Waals surface area contributed by atoms with Gasteiger partial charge in [0.15, 0.2) is 14.6 Å². The van der Waals surface area contributed by atoms with Gasteiger partial charge >= 0.3 is 0 Å². The molecule has 0 saturated carbocycles. The van der Waals surface area contributed by atoms with Crippen molar-refractivity contribution in [1.82, 2.24) is 10.0 Å². The Labute approximate surface area is 167 Å². The van der Waals surface area contributed by atoms with Gasteiger partial charge in [0.05, 0.1) is 6.61 Å². The minimum atomic E-state index is -3.92. The van der Waals surface area contributed by atoms with Gasteiger partial charge in [-0.3, -0.25) is 14.8 Å². The van der Waals surface area contributed by atoms with Crippen molar-refractivity contribution in [2.24, 2.45) is 0 Å². The third kappa shape index (κ3) is 4.83. The molecule has 10 heteroatoms. The van der Waals surface area contributed by atoms with Crippen LogP contribution in [0.3, 0.4) is 0 Å². The number of halogens is 1. The molecule has 0 radical (unpaired) electrons. The van der Waals surface area contributed by atoms with E-state index in [0.29, 0.717) is 17.9 Å². The molecule has 0 fully saturated rings. The fourth-order valence-electron chi connectivity index (χ4n) is 2.76. The van der Waals surface area contributed by atoms with Crippen LogP contribution in [0.25, 0.3) is 11.1 Å². The lowest BCUT2D eigenvalue weighted by molar-refractivity contribution is -0.131. The molecule has 1 atom stereocenters. The Hall–Kier alpha value is -2.72. The summed E-state index contributed by atoms with van der Waals surface area (Å²) in [7, 11) is -3.92. The SMILES string of the molecule is CCOc1ccc(-c2cc(=O)n(CCC(C)(C(=O)NO)S(C)(=O)=O)cc2F)cc1. The molecular formula is C19H23FN2O6S. The van der Waals surface area contributed by atoms with Crippen molar-refractivity contribution < 1.29 is 27.5 Å². The fraction of sp³-hybridized carbons (Fsp3) is 0.368. The maximum atomic E-state index is 14.6. The second-order valence-corrected chi connectivity index (χ2v) is 9.16. The zero-order valence-electron chi connectivity index (χ0n) is 16.3. The Balaban J connectivity index is 2.32. The van der Waals surface area contributed by atoms with Gasteiger partial charge in [-0.2, -0.15) is 0 Å². The lowest BCUT2D eigenvalue weighted by atomic mass is 10.1. The number of amides is 1. The number of nitrogens with one attached hydrogen (secondary N) is 1. The summed E-state index contributed by atoms with van der Waals surface area (Å²) in [5.74, 6) is -1.19. The summed E-state index contributed by atoms with van der Waals surface area (Å²) in [6.45, 7) is 3.22. The summed E-state index contributed by atoms with van der Waals surface area (Å²) in [5.41, 5.74) is 1.34. The predicted molar refractivity (Wildman–Crippen MR) is 105 cm³/mol. The molecule has 1 unspecified atom stereocenters. The molecule has 2 aromatic rings. The number of aryl methyl sites for hydroxylation is 1. The van der Waals surface area contributed by atoms with E-state index in [-0.39, 0.29) is 18.5 Å². The van der Waals surface area contributed by atoms with E-state index in [9.17, 15) is 22.4 Å². The van der Waals surface area contributed by atoms with Crippen LogP contribution in [0, 0.1) is 5.82 Å². The summed E-state index contributed by atoms with van der Waals surface area (Å²) in [6, 6.07) is 7.68. The van der Waals surface area contributed by atoms with Crippen LogP contribution in [0.4, 0.5) is 4.39 Å². The summed E-state index contributed by atoms with van der Waals surface area (Å²) in [5, 5.41) is 8.84. The smallest absolute Gasteiger partial charge is 0.264 e. The van der Waals surface area contributed by atoms with E-state index in [4.69, 9.17) is 9.94 Å². The van der Waals surface area contributed by atoms with E-state index in [2.05, 4.69) is 0 Å². The second kappa shape index (κ2) is 8.75. The maximum Gasteiger partial charge on any atom is 0.264 e. The number of pyridine rings is 1. The Morgan fingerprint density at radius 1 is 1.31 bits per heavy atom. The third-order valence-electron chi connectivity index (χ3n) is 4.78. The predicted octanol–water partition coefficient (Wildman–Crippen LogP) is 1.75. The first-order valence-corrected chi connectivity index (χ1v) is 10.7. The number of hydrogen-bond acceptors (Lipinski definition) is 6. The highest BCUT2D eigenvalue weighted by molar-refractivity contribution is 7.92. The minimum Gasteiger partial charge on any atom is -0.494 e. The Kier molecular flexibility index (Phi) is 6.81. The number of nitrogens with zero attached hydrogens (tertiary/aromatic N) is 1. The van der Waals surface area contributed by atoms with Crippen molar-refractivity contribution in [3.05, 3.63) is 52.7 Å². The van der Waals surface area contributed by atoms with E-state index < -0.39 is 31.9 Å². The van der Waals surface area contributed by atoms with Gasteiger partial charge in [-0.05, 0) is 38.0 Å². The van der Waals surface area contributed by atoms with Crippen molar-refractivity contribution in [3.63, 3.8) is 0 Å². The number of sulfone groups is 1. The number of carbonyl (C=O) groups is 1. The molecule has 2 rings (SSSR count). The quantitative estimate of drug-likeness (QED) is 0.491. The van der Waals surface area contributed by atoms with Crippen molar-refractivity contribution in [2.75, 3.05) is 12.9 Å². The lowest BCUT2D eigenvalue weighted by Gasteiger charge is -2.25. The number of aromatic nitrogens is 1. The van der Waals surface area contributed by atoms with Gasteiger partial charge in [0.2, 0.25) is 0 Å². The van der Waals surface area contributed by atoms with E-state index in [1.165, 1.54) is 5.48 Å². The zero-order chi connectivity index (χ0) is 21.8. The van der Waals surface area contributed by atoms with Crippen LogP contribution in [0.1, 0.15) is 20.3 Å². The van der Waals surface area contributed by atoms with Gasteiger partial charge in [-0.15, -0.1) is 0 Å². The molecule has 29 heavy (non-hydrogen) atoms. The fourth-order valence-corrected chi connectivity index (χ4v) is 3.60. The molecule has 158 valence electrons. The molecule has 0 saturated heterocycles. The lowest BCUT2D eigenvalue weighted by Crippen LogP contribution is -2.50. The van der Waals surface area contributed by atoms with Crippen LogP contribution in [0.2, 0.25) is 0 Å². The topological polar surface area (TPSA) is 115 Å². The highest BCUT2D eigenvalue weighted by Gasteiger charge is 2.43. The molecule has 0 spiro atoms. The number of rotatable bonds is 8. The van der Waals surface area contributed by atoms with E-state index in [0.717, 1.165) is 30.0 Å². The van der Waals surface area contributed by atoms with Crippen LogP contribution in [-0.4, -0.2) is 41.7 Å². The molecule has 1 amide bonds. The van der Waals surface area contributed by atoms with Gasteiger partial charge < -0.3 is 9.30 Å². The number of ether oxygens (including phenoxy) is 1.